The number of hydrogen-bond acceptors (Lipinski definition) is 4. The zero-order valence-electron chi connectivity index (χ0n) is 19.1. The van der Waals surface area contributed by atoms with Gasteiger partial charge in [-0.2, -0.15) is 13.2 Å². The Morgan fingerprint density at radius 1 is 1.19 bits per heavy atom. The molecule has 31 heavy (non-hydrogen) atoms. The fraction of sp³-hybridized carbons (Fsp3) is 0.739. The number of carbonyl (C=O) groups excluding carboxylic acids is 1. The summed E-state index contributed by atoms with van der Waals surface area (Å²) in [4.78, 5) is 18.9. The van der Waals surface area contributed by atoms with E-state index in [-0.39, 0.29) is 35.4 Å². The maximum atomic E-state index is 13.1. The molecule has 0 bridgehead atoms. The second kappa shape index (κ2) is 8.96. The Morgan fingerprint density at radius 2 is 1.90 bits per heavy atom. The summed E-state index contributed by atoms with van der Waals surface area (Å²) in [6, 6.07) is 4.03. The molecule has 1 amide bonds. The highest BCUT2D eigenvalue weighted by molar-refractivity contribution is 5.82. The number of nitrogens with zero attached hydrogens (tertiary/aromatic N) is 2. The lowest BCUT2D eigenvalue weighted by Crippen LogP contribution is -2.52. The molecule has 1 aromatic rings. The van der Waals surface area contributed by atoms with E-state index in [1.165, 1.54) is 6.07 Å². The summed E-state index contributed by atoms with van der Waals surface area (Å²) in [5.41, 5.74) is -0.849. The molecular weight excluding hydrogens is 405 g/mol. The van der Waals surface area contributed by atoms with E-state index in [9.17, 15) is 18.0 Å². The first kappa shape index (κ1) is 23.8. The van der Waals surface area contributed by atoms with Crippen LogP contribution in [-0.4, -0.2) is 42.1 Å². The SMILES string of the molecule is CC(C)N[C@@H](CC(C)(C)C)C(=O)N[C@H]1CC[C@@H]2CN(c3cccc(C(F)(F)F)n3)C[C@@H]21. The number of rotatable bonds is 6. The molecule has 1 aromatic heterocycles. The van der Waals surface area contributed by atoms with Gasteiger partial charge in [0.05, 0.1) is 6.04 Å². The quantitative estimate of drug-likeness (QED) is 0.695. The molecule has 1 saturated heterocycles. The maximum absolute atomic E-state index is 13.1. The monoisotopic (exact) mass is 440 g/mol. The average molecular weight is 441 g/mol. The van der Waals surface area contributed by atoms with E-state index in [1.807, 2.05) is 18.7 Å². The number of nitrogens with one attached hydrogen (secondary N) is 2. The van der Waals surface area contributed by atoms with Crippen molar-refractivity contribution in [2.45, 2.75) is 78.2 Å². The van der Waals surface area contributed by atoms with Gasteiger partial charge in [-0.1, -0.05) is 40.7 Å². The van der Waals surface area contributed by atoms with Crippen LogP contribution in [-0.2, 0) is 11.0 Å². The van der Waals surface area contributed by atoms with Crippen LogP contribution in [0.25, 0.3) is 0 Å². The van der Waals surface area contributed by atoms with Gasteiger partial charge in [0, 0.05) is 31.1 Å². The van der Waals surface area contributed by atoms with E-state index in [0.29, 0.717) is 24.8 Å². The third-order valence-electron chi connectivity index (χ3n) is 6.20. The van der Waals surface area contributed by atoms with Gasteiger partial charge >= 0.3 is 6.18 Å². The highest BCUT2D eigenvalue weighted by Gasteiger charge is 2.44. The van der Waals surface area contributed by atoms with Crippen molar-refractivity contribution in [3.8, 4) is 0 Å². The lowest BCUT2D eigenvalue weighted by atomic mass is 9.87. The number of aromatic nitrogens is 1. The molecule has 0 aromatic carbocycles. The lowest BCUT2D eigenvalue weighted by Gasteiger charge is -2.30. The first-order valence-electron chi connectivity index (χ1n) is 11.2. The Balaban J connectivity index is 1.66. The molecule has 0 unspecified atom stereocenters. The van der Waals surface area contributed by atoms with E-state index in [2.05, 4.69) is 36.4 Å². The van der Waals surface area contributed by atoms with E-state index in [1.54, 1.807) is 6.07 Å². The second-order valence-electron chi connectivity index (χ2n) is 10.5. The summed E-state index contributed by atoms with van der Waals surface area (Å²) in [7, 11) is 0. The molecular formula is C23H35F3N4O. The molecule has 2 aliphatic rings. The lowest BCUT2D eigenvalue weighted by molar-refractivity contribution is -0.141. The number of carbonyl (C=O) groups is 1. The zero-order valence-corrected chi connectivity index (χ0v) is 19.1. The topological polar surface area (TPSA) is 57.3 Å². The van der Waals surface area contributed by atoms with E-state index >= 15 is 0 Å². The third kappa shape index (κ3) is 6.11. The summed E-state index contributed by atoms with van der Waals surface area (Å²) in [5.74, 6) is 0.974. The minimum Gasteiger partial charge on any atom is -0.356 e. The van der Waals surface area contributed by atoms with Crippen LogP contribution in [0, 0.1) is 17.3 Å². The molecule has 2 N–H and O–H groups in total. The standard InChI is InChI=1S/C23H35F3N4O/c1-14(2)27-18(11-22(3,4)5)21(31)28-17-10-9-15-12-30(13-16(15)17)20-8-6-7-19(29-20)23(24,25)26/h6-8,14-18,27H,9-13H2,1-5H3,(H,28,31)/t15-,16+,17+,18+/m1/s1. The van der Waals surface area contributed by atoms with Crippen LogP contribution in [0.4, 0.5) is 19.0 Å². The van der Waals surface area contributed by atoms with Gasteiger partial charge < -0.3 is 15.5 Å². The Kier molecular flexibility index (Phi) is 6.89. The summed E-state index contributed by atoms with van der Waals surface area (Å²) in [6.07, 6.45) is -1.84. The van der Waals surface area contributed by atoms with Crippen molar-refractivity contribution >= 4 is 11.7 Å². The van der Waals surface area contributed by atoms with Crippen LogP contribution in [0.3, 0.4) is 0 Å². The molecule has 1 saturated carbocycles. The number of pyridine rings is 1. The second-order valence-corrected chi connectivity index (χ2v) is 10.5. The van der Waals surface area contributed by atoms with Gasteiger partial charge in [0.1, 0.15) is 11.5 Å². The Bertz CT molecular complexity index is 775. The summed E-state index contributed by atoms with van der Waals surface area (Å²) >= 11 is 0. The number of fused-ring (bicyclic) bond motifs is 1. The zero-order chi connectivity index (χ0) is 23.0. The molecule has 174 valence electrons. The number of hydrogen-bond donors (Lipinski definition) is 2. The molecule has 5 nitrogen and oxygen atoms in total. The van der Waals surface area contributed by atoms with Gasteiger partial charge in [0.15, 0.2) is 0 Å². The summed E-state index contributed by atoms with van der Waals surface area (Å²) < 4.78 is 39.1. The Hall–Kier alpha value is -1.83. The van der Waals surface area contributed by atoms with Crippen molar-refractivity contribution in [3.63, 3.8) is 0 Å². The van der Waals surface area contributed by atoms with Crippen LogP contribution in [0.2, 0.25) is 0 Å². The number of halogens is 3. The Labute approximate surface area is 183 Å². The molecule has 3 rings (SSSR count). The van der Waals surface area contributed by atoms with Crippen molar-refractivity contribution in [2.24, 2.45) is 17.3 Å². The van der Waals surface area contributed by atoms with E-state index < -0.39 is 11.9 Å². The molecule has 1 aliphatic heterocycles. The van der Waals surface area contributed by atoms with Crippen LogP contribution < -0.4 is 15.5 Å². The maximum Gasteiger partial charge on any atom is 0.433 e. The highest BCUT2D eigenvalue weighted by atomic mass is 19.4. The van der Waals surface area contributed by atoms with Crippen LogP contribution in [0.15, 0.2) is 18.2 Å². The third-order valence-corrected chi connectivity index (χ3v) is 6.20. The predicted molar refractivity (Wildman–Crippen MR) is 116 cm³/mol. The first-order valence-corrected chi connectivity index (χ1v) is 11.2. The van der Waals surface area contributed by atoms with Gasteiger partial charge in [-0.3, -0.25) is 4.79 Å². The van der Waals surface area contributed by atoms with Crippen molar-refractivity contribution < 1.29 is 18.0 Å². The van der Waals surface area contributed by atoms with Crippen LogP contribution >= 0.6 is 0 Å². The first-order chi connectivity index (χ1) is 14.3. The molecule has 0 spiro atoms. The number of amides is 1. The number of anilines is 1. The van der Waals surface area contributed by atoms with Crippen LogP contribution in [0.1, 0.15) is 59.6 Å². The normalized spacial score (nSPS) is 25.1. The smallest absolute Gasteiger partial charge is 0.356 e. The van der Waals surface area contributed by atoms with E-state index in [4.69, 9.17) is 0 Å². The average Bonchev–Trinajstić information content (AvgIpc) is 3.21. The molecule has 4 atom stereocenters. The Morgan fingerprint density at radius 3 is 2.52 bits per heavy atom. The van der Waals surface area contributed by atoms with Gasteiger partial charge in [-0.15, -0.1) is 0 Å². The fourth-order valence-corrected chi connectivity index (χ4v) is 4.91. The van der Waals surface area contributed by atoms with Crippen molar-refractivity contribution in [1.82, 2.24) is 15.6 Å². The number of alkyl halides is 3. The minimum absolute atomic E-state index is 0.0153. The molecule has 2 heterocycles. The molecule has 0 radical (unpaired) electrons. The van der Waals surface area contributed by atoms with Crippen LogP contribution in [0.5, 0.6) is 0 Å². The van der Waals surface area contributed by atoms with E-state index in [0.717, 1.165) is 25.3 Å². The fourth-order valence-electron chi connectivity index (χ4n) is 4.91. The van der Waals surface area contributed by atoms with Gasteiger partial charge in [-0.25, -0.2) is 4.98 Å². The summed E-state index contributed by atoms with van der Waals surface area (Å²) in [5, 5.41) is 6.64. The largest absolute Gasteiger partial charge is 0.433 e. The van der Waals surface area contributed by atoms with Gasteiger partial charge in [0.25, 0.3) is 0 Å². The summed E-state index contributed by atoms with van der Waals surface area (Å²) in [6.45, 7) is 11.7. The van der Waals surface area contributed by atoms with Gasteiger partial charge in [0.2, 0.25) is 5.91 Å². The van der Waals surface area contributed by atoms with Crippen molar-refractivity contribution in [1.29, 1.82) is 0 Å². The van der Waals surface area contributed by atoms with Gasteiger partial charge in [-0.05, 0) is 42.7 Å². The minimum atomic E-state index is -4.45. The highest BCUT2D eigenvalue weighted by Crippen LogP contribution is 2.40. The molecule has 1 aliphatic carbocycles. The van der Waals surface area contributed by atoms with Crippen molar-refractivity contribution in [2.75, 3.05) is 18.0 Å². The molecule has 2 fully saturated rings. The predicted octanol–water partition coefficient (Wildman–Crippen LogP) is 4.23. The molecule has 8 heteroatoms. The van der Waals surface area contributed by atoms with Crippen molar-refractivity contribution in [3.05, 3.63) is 23.9 Å².